The molecule has 0 saturated carbocycles. The molecule has 2 heterocycles. The highest BCUT2D eigenvalue weighted by Gasteiger charge is 2.16. The molecule has 9 heteroatoms. The first kappa shape index (κ1) is 17.5. The van der Waals surface area contributed by atoms with Crippen LogP contribution in [0.3, 0.4) is 0 Å². The number of thiazole rings is 1. The Morgan fingerprint density at radius 2 is 2.07 bits per heavy atom. The lowest BCUT2D eigenvalue weighted by molar-refractivity contribution is 0.102. The molecule has 0 radical (unpaired) electrons. The number of nitriles is 1. The number of aromatic nitrogens is 3. The summed E-state index contributed by atoms with van der Waals surface area (Å²) in [6, 6.07) is 13.6. The van der Waals surface area contributed by atoms with Crippen LogP contribution in [0.4, 0.5) is 5.95 Å². The Hall–Kier alpha value is -2.92. The van der Waals surface area contributed by atoms with Crippen LogP contribution in [0.25, 0.3) is 16.2 Å². The summed E-state index contributed by atoms with van der Waals surface area (Å²) in [7, 11) is 0. The van der Waals surface area contributed by atoms with Crippen molar-refractivity contribution in [2.45, 2.75) is 0 Å². The van der Waals surface area contributed by atoms with E-state index in [1.54, 1.807) is 40.9 Å². The van der Waals surface area contributed by atoms with Crippen LogP contribution in [0.15, 0.2) is 47.8 Å². The van der Waals surface area contributed by atoms with E-state index in [0.717, 1.165) is 11.3 Å². The largest absolute Gasteiger partial charge is 0.289 e. The van der Waals surface area contributed by atoms with Crippen LogP contribution >= 0.6 is 34.5 Å². The van der Waals surface area contributed by atoms with Gasteiger partial charge in [-0.25, -0.2) is 4.52 Å². The maximum Gasteiger partial charge on any atom is 0.258 e. The third-order valence-electron chi connectivity index (χ3n) is 3.77. The number of hydrogen-bond donors (Lipinski definition) is 1. The van der Waals surface area contributed by atoms with Crippen molar-refractivity contribution in [3.8, 4) is 17.3 Å². The Kier molecular flexibility index (Phi) is 4.54. The lowest BCUT2D eigenvalue weighted by Crippen LogP contribution is -2.13. The van der Waals surface area contributed by atoms with Crippen molar-refractivity contribution < 1.29 is 4.79 Å². The first-order chi connectivity index (χ1) is 13.0. The van der Waals surface area contributed by atoms with Crippen molar-refractivity contribution in [1.82, 2.24) is 14.6 Å². The number of nitrogens with zero attached hydrogens (tertiary/aromatic N) is 4. The van der Waals surface area contributed by atoms with Gasteiger partial charge in [-0.2, -0.15) is 10.2 Å². The monoisotopic (exact) mass is 413 g/mol. The van der Waals surface area contributed by atoms with Gasteiger partial charge < -0.3 is 0 Å². The van der Waals surface area contributed by atoms with Gasteiger partial charge in [-0.15, -0.1) is 16.4 Å². The van der Waals surface area contributed by atoms with Crippen LogP contribution < -0.4 is 5.32 Å². The molecule has 132 valence electrons. The van der Waals surface area contributed by atoms with E-state index in [2.05, 4.69) is 15.4 Å². The minimum atomic E-state index is -0.396. The molecule has 1 N–H and O–H groups in total. The molecule has 0 fully saturated rings. The Balaban J connectivity index is 1.67. The van der Waals surface area contributed by atoms with E-state index in [1.165, 1.54) is 17.4 Å². The summed E-state index contributed by atoms with van der Waals surface area (Å²) in [5, 5.41) is 18.9. The second kappa shape index (κ2) is 7.00. The van der Waals surface area contributed by atoms with Gasteiger partial charge in [0.1, 0.15) is 0 Å². The lowest BCUT2D eigenvalue weighted by atomic mass is 10.1. The summed E-state index contributed by atoms with van der Waals surface area (Å²) in [6.45, 7) is 0. The number of amides is 1. The molecule has 4 aromatic rings. The van der Waals surface area contributed by atoms with Crippen LogP contribution in [0.5, 0.6) is 0 Å². The minimum absolute atomic E-state index is 0.161. The van der Waals surface area contributed by atoms with Crippen LogP contribution in [0, 0.1) is 11.3 Å². The summed E-state index contributed by atoms with van der Waals surface area (Å²) >= 11 is 13.7. The molecule has 0 atom stereocenters. The average molecular weight is 414 g/mol. The summed E-state index contributed by atoms with van der Waals surface area (Å²) in [5.74, 6) is -0.235. The van der Waals surface area contributed by atoms with Gasteiger partial charge in [0.2, 0.25) is 4.96 Å². The van der Waals surface area contributed by atoms with Crippen molar-refractivity contribution in [1.29, 1.82) is 5.26 Å². The molecular formula is C18H9Cl2N5OS. The number of carbonyl (C=O) groups is 1. The van der Waals surface area contributed by atoms with Crippen molar-refractivity contribution in [3.05, 3.63) is 69.0 Å². The van der Waals surface area contributed by atoms with Crippen molar-refractivity contribution in [2.75, 3.05) is 5.32 Å². The van der Waals surface area contributed by atoms with Crippen molar-refractivity contribution >= 4 is 51.4 Å². The topological polar surface area (TPSA) is 83.1 Å². The molecule has 0 unspecified atom stereocenters. The van der Waals surface area contributed by atoms with Gasteiger partial charge in [-0.3, -0.25) is 10.1 Å². The zero-order valence-electron chi connectivity index (χ0n) is 13.5. The highest BCUT2D eigenvalue weighted by atomic mass is 35.5. The molecule has 0 aliphatic carbocycles. The van der Waals surface area contributed by atoms with Gasteiger partial charge in [0.25, 0.3) is 11.9 Å². The number of anilines is 1. The fourth-order valence-electron chi connectivity index (χ4n) is 2.52. The zero-order valence-corrected chi connectivity index (χ0v) is 15.8. The molecule has 6 nitrogen and oxygen atoms in total. The van der Waals surface area contributed by atoms with Crippen LogP contribution in [0.2, 0.25) is 10.0 Å². The maximum atomic E-state index is 12.4. The fraction of sp³-hybridized carbons (Fsp3) is 0. The fourth-order valence-corrected chi connectivity index (χ4v) is 3.73. The van der Waals surface area contributed by atoms with Gasteiger partial charge in [0.05, 0.1) is 22.3 Å². The van der Waals surface area contributed by atoms with Crippen molar-refractivity contribution in [2.24, 2.45) is 0 Å². The maximum absolute atomic E-state index is 12.4. The first-order valence-corrected chi connectivity index (χ1v) is 9.30. The van der Waals surface area contributed by atoms with Crippen LogP contribution in [-0.2, 0) is 0 Å². The molecule has 0 saturated heterocycles. The first-order valence-electron chi connectivity index (χ1n) is 7.66. The third-order valence-corrected chi connectivity index (χ3v) is 5.15. The lowest BCUT2D eigenvalue weighted by Gasteiger charge is -2.03. The molecule has 0 aliphatic rings. The molecule has 4 rings (SSSR count). The number of hydrogen-bond acceptors (Lipinski definition) is 5. The van der Waals surface area contributed by atoms with E-state index in [9.17, 15) is 4.79 Å². The molecule has 27 heavy (non-hydrogen) atoms. The molecule has 0 aliphatic heterocycles. The predicted octanol–water partition coefficient (Wildman–Crippen LogP) is 4.89. The average Bonchev–Trinajstić information content (AvgIpc) is 3.24. The van der Waals surface area contributed by atoms with E-state index in [4.69, 9.17) is 28.5 Å². The Labute approximate surface area is 167 Å². The van der Waals surface area contributed by atoms with Gasteiger partial charge in [0, 0.05) is 21.5 Å². The van der Waals surface area contributed by atoms with Gasteiger partial charge in [-0.05, 0) is 36.4 Å². The zero-order chi connectivity index (χ0) is 19.0. The quantitative estimate of drug-likeness (QED) is 0.518. The normalized spacial score (nSPS) is 10.7. The number of nitrogens with one attached hydrogen (secondary N) is 1. The Morgan fingerprint density at radius 1 is 1.22 bits per heavy atom. The van der Waals surface area contributed by atoms with E-state index >= 15 is 0 Å². The highest BCUT2D eigenvalue weighted by molar-refractivity contribution is 7.15. The van der Waals surface area contributed by atoms with Gasteiger partial charge >= 0.3 is 0 Å². The van der Waals surface area contributed by atoms with E-state index in [0.29, 0.717) is 26.1 Å². The van der Waals surface area contributed by atoms with E-state index in [1.807, 2.05) is 11.4 Å². The standard InChI is InChI=1S/C18H9Cl2N5OS/c19-12-4-5-14(20)13(7-12)15-9-27-18-23-17(24-25(15)18)22-16(26)11-3-1-2-10(6-11)8-21/h1-7,9H,(H,22,24,26). The molecule has 1 amide bonds. The number of halogens is 2. The molecule has 2 aromatic heterocycles. The van der Waals surface area contributed by atoms with Gasteiger partial charge in [-0.1, -0.05) is 29.3 Å². The summed E-state index contributed by atoms with van der Waals surface area (Å²) in [5.41, 5.74) is 2.20. The molecule has 0 bridgehead atoms. The highest BCUT2D eigenvalue weighted by Crippen LogP contribution is 2.33. The summed E-state index contributed by atoms with van der Waals surface area (Å²) in [6.07, 6.45) is 0. The molecule has 2 aromatic carbocycles. The predicted molar refractivity (Wildman–Crippen MR) is 105 cm³/mol. The second-order valence-corrected chi connectivity index (χ2v) is 7.20. The summed E-state index contributed by atoms with van der Waals surface area (Å²) < 4.78 is 1.60. The van der Waals surface area contributed by atoms with Crippen LogP contribution in [0.1, 0.15) is 15.9 Å². The third kappa shape index (κ3) is 3.38. The van der Waals surface area contributed by atoms with E-state index < -0.39 is 5.91 Å². The number of benzene rings is 2. The smallest absolute Gasteiger partial charge is 0.258 e. The Morgan fingerprint density at radius 3 is 2.89 bits per heavy atom. The number of rotatable bonds is 3. The molecule has 0 spiro atoms. The summed E-state index contributed by atoms with van der Waals surface area (Å²) in [4.78, 5) is 17.3. The Bertz CT molecular complexity index is 1220. The SMILES string of the molecule is N#Cc1cccc(C(=O)Nc2nc3scc(-c4cc(Cl)ccc4Cl)n3n2)c1. The minimum Gasteiger partial charge on any atom is -0.289 e. The van der Waals surface area contributed by atoms with Gasteiger partial charge in [0.15, 0.2) is 0 Å². The van der Waals surface area contributed by atoms with Crippen LogP contribution in [-0.4, -0.2) is 20.5 Å². The number of carbonyl (C=O) groups excluding carboxylic acids is 1. The second-order valence-electron chi connectivity index (χ2n) is 5.52. The number of fused-ring (bicyclic) bond motifs is 1. The van der Waals surface area contributed by atoms with Crippen molar-refractivity contribution in [3.63, 3.8) is 0 Å². The van der Waals surface area contributed by atoms with E-state index in [-0.39, 0.29) is 5.95 Å². The molecular weight excluding hydrogens is 405 g/mol.